The molecule has 3 atom stereocenters. The number of hydrogen-bond donors (Lipinski definition) is 0. The third-order valence-electron chi connectivity index (χ3n) is 4.61. The zero-order valence-corrected chi connectivity index (χ0v) is 12.6. The molecule has 2 aliphatic carbocycles. The van der Waals surface area contributed by atoms with Gasteiger partial charge in [0.15, 0.2) is 5.41 Å². The third-order valence-corrected chi connectivity index (χ3v) is 4.61. The van der Waals surface area contributed by atoms with Gasteiger partial charge in [0.2, 0.25) is 0 Å². The summed E-state index contributed by atoms with van der Waals surface area (Å²) in [6.07, 6.45) is 6.47. The Kier molecular flexibility index (Phi) is 4.51. The van der Waals surface area contributed by atoms with E-state index < -0.39 is 17.4 Å². The first-order chi connectivity index (χ1) is 9.58. The van der Waals surface area contributed by atoms with Crippen molar-refractivity contribution in [2.45, 2.75) is 40.0 Å². The molecule has 0 amide bonds. The van der Waals surface area contributed by atoms with E-state index in [1.807, 2.05) is 26.8 Å². The minimum absolute atomic E-state index is 0.0498. The highest BCUT2D eigenvalue weighted by Crippen LogP contribution is 2.57. The third kappa shape index (κ3) is 2.15. The zero-order valence-electron chi connectivity index (χ0n) is 12.6. The molecule has 1 fully saturated rings. The van der Waals surface area contributed by atoms with Crippen molar-refractivity contribution in [2.75, 3.05) is 13.2 Å². The van der Waals surface area contributed by atoms with Gasteiger partial charge in [-0.15, -0.1) is 0 Å². The van der Waals surface area contributed by atoms with Crippen LogP contribution in [0, 0.1) is 23.2 Å². The lowest BCUT2D eigenvalue weighted by atomic mass is 9.69. The van der Waals surface area contributed by atoms with Crippen molar-refractivity contribution in [1.82, 2.24) is 0 Å². The number of ether oxygens (including phenoxy) is 2. The fraction of sp³-hybridized carbons (Fsp3) is 0.750. The summed E-state index contributed by atoms with van der Waals surface area (Å²) in [6, 6.07) is 0. The maximum atomic E-state index is 12.6. The van der Waals surface area contributed by atoms with Crippen LogP contribution in [-0.2, 0) is 19.1 Å². The smallest absolute Gasteiger partial charge is 0.324 e. The molecule has 20 heavy (non-hydrogen) atoms. The minimum Gasteiger partial charge on any atom is -0.465 e. The molecule has 0 radical (unpaired) electrons. The Bertz CT molecular complexity index is 393. The van der Waals surface area contributed by atoms with Crippen LogP contribution in [0.2, 0.25) is 0 Å². The average Bonchev–Trinajstić information content (AvgIpc) is 3.02. The summed E-state index contributed by atoms with van der Waals surface area (Å²) in [5, 5.41) is 0. The first kappa shape index (κ1) is 15.1. The quantitative estimate of drug-likeness (QED) is 0.426. The van der Waals surface area contributed by atoms with Gasteiger partial charge in [0.25, 0.3) is 0 Å². The summed E-state index contributed by atoms with van der Waals surface area (Å²) in [6.45, 7) is 6.57. The summed E-state index contributed by atoms with van der Waals surface area (Å²) >= 11 is 0. The number of carbonyl (C=O) groups excluding carboxylic acids is 2. The monoisotopic (exact) mass is 280 g/mol. The van der Waals surface area contributed by atoms with E-state index in [4.69, 9.17) is 9.47 Å². The fourth-order valence-electron chi connectivity index (χ4n) is 3.50. The van der Waals surface area contributed by atoms with Gasteiger partial charge in [0, 0.05) is 5.92 Å². The first-order valence-corrected chi connectivity index (χ1v) is 7.61. The number of rotatable bonds is 6. The molecule has 2 aliphatic rings. The van der Waals surface area contributed by atoms with Crippen molar-refractivity contribution in [3.8, 4) is 0 Å². The van der Waals surface area contributed by atoms with E-state index in [1.54, 1.807) is 0 Å². The zero-order chi connectivity index (χ0) is 14.8. The largest absolute Gasteiger partial charge is 0.465 e. The molecule has 0 heterocycles. The summed E-state index contributed by atoms with van der Waals surface area (Å²) in [5.74, 6) is -0.639. The lowest BCUT2D eigenvalue weighted by Crippen LogP contribution is -2.49. The number of carbonyl (C=O) groups is 2. The average molecular weight is 280 g/mol. The Hall–Kier alpha value is -1.32. The van der Waals surface area contributed by atoms with E-state index in [0.29, 0.717) is 13.2 Å². The van der Waals surface area contributed by atoms with Crippen LogP contribution in [0.3, 0.4) is 0 Å². The number of esters is 2. The summed E-state index contributed by atoms with van der Waals surface area (Å²) in [5.41, 5.74) is -1.12. The van der Waals surface area contributed by atoms with E-state index in [9.17, 15) is 9.59 Å². The molecule has 0 aromatic heterocycles. The predicted octanol–water partition coefficient (Wildman–Crippen LogP) is 2.72. The maximum absolute atomic E-state index is 12.6. The predicted molar refractivity (Wildman–Crippen MR) is 74.8 cm³/mol. The van der Waals surface area contributed by atoms with Crippen LogP contribution >= 0.6 is 0 Å². The highest BCUT2D eigenvalue weighted by atomic mass is 16.6. The Morgan fingerprint density at radius 1 is 1.10 bits per heavy atom. The molecule has 2 rings (SSSR count). The second kappa shape index (κ2) is 5.98. The van der Waals surface area contributed by atoms with Crippen LogP contribution in [0.15, 0.2) is 12.2 Å². The summed E-state index contributed by atoms with van der Waals surface area (Å²) in [7, 11) is 0. The molecule has 0 spiro atoms. The van der Waals surface area contributed by atoms with Crippen LogP contribution < -0.4 is 0 Å². The molecule has 1 saturated carbocycles. The van der Waals surface area contributed by atoms with Gasteiger partial charge in [-0.3, -0.25) is 9.59 Å². The van der Waals surface area contributed by atoms with Crippen LogP contribution in [0.4, 0.5) is 0 Å². The van der Waals surface area contributed by atoms with Gasteiger partial charge in [0.1, 0.15) is 0 Å². The molecule has 0 saturated heterocycles. The van der Waals surface area contributed by atoms with E-state index >= 15 is 0 Å². The van der Waals surface area contributed by atoms with E-state index in [1.165, 1.54) is 0 Å². The molecule has 0 aromatic rings. The van der Waals surface area contributed by atoms with Gasteiger partial charge in [0.05, 0.1) is 13.2 Å². The van der Waals surface area contributed by atoms with Crippen molar-refractivity contribution < 1.29 is 19.1 Å². The van der Waals surface area contributed by atoms with Gasteiger partial charge in [-0.25, -0.2) is 0 Å². The lowest BCUT2D eigenvalue weighted by molar-refractivity contribution is -0.178. The molecule has 2 bridgehead atoms. The standard InChI is InChI=1S/C16H24O4/c1-4-8-19-14(17)16(15(18)20-9-5-2)11(3)12-6-7-13(16)10-12/h6-7,11-13H,4-5,8-10H2,1-3H3. The second-order valence-corrected chi connectivity index (χ2v) is 5.82. The van der Waals surface area contributed by atoms with E-state index in [-0.39, 0.29) is 17.8 Å². The van der Waals surface area contributed by atoms with Gasteiger partial charge >= 0.3 is 11.9 Å². The SMILES string of the molecule is CCCOC(=O)C1(C(=O)OCCC)C2C=CC(C2)C1C. The van der Waals surface area contributed by atoms with Crippen molar-refractivity contribution in [3.63, 3.8) is 0 Å². The minimum atomic E-state index is -1.12. The second-order valence-electron chi connectivity index (χ2n) is 5.82. The van der Waals surface area contributed by atoms with Crippen molar-refractivity contribution in [3.05, 3.63) is 12.2 Å². The lowest BCUT2D eigenvalue weighted by Gasteiger charge is -2.35. The Morgan fingerprint density at radius 2 is 1.65 bits per heavy atom. The summed E-state index contributed by atoms with van der Waals surface area (Å²) < 4.78 is 10.7. The highest BCUT2D eigenvalue weighted by Gasteiger charge is 2.65. The molecule has 0 aromatic carbocycles. The highest BCUT2D eigenvalue weighted by molar-refractivity contribution is 6.02. The van der Waals surface area contributed by atoms with Crippen molar-refractivity contribution >= 4 is 11.9 Å². The van der Waals surface area contributed by atoms with Crippen LogP contribution in [0.1, 0.15) is 40.0 Å². The van der Waals surface area contributed by atoms with Gasteiger partial charge < -0.3 is 9.47 Å². The normalized spacial score (nSPS) is 29.4. The Labute approximate surface area is 120 Å². The molecule has 0 aliphatic heterocycles. The number of hydrogen-bond acceptors (Lipinski definition) is 4. The van der Waals surface area contributed by atoms with Gasteiger partial charge in [-0.2, -0.15) is 0 Å². The maximum Gasteiger partial charge on any atom is 0.324 e. The van der Waals surface area contributed by atoms with Crippen molar-refractivity contribution in [1.29, 1.82) is 0 Å². The van der Waals surface area contributed by atoms with E-state index in [2.05, 4.69) is 6.08 Å². The van der Waals surface area contributed by atoms with Crippen LogP contribution in [-0.4, -0.2) is 25.2 Å². The van der Waals surface area contributed by atoms with Gasteiger partial charge in [-0.1, -0.05) is 32.9 Å². The van der Waals surface area contributed by atoms with Crippen LogP contribution in [0.25, 0.3) is 0 Å². The molecular weight excluding hydrogens is 256 g/mol. The number of fused-ring (bicyclic) bond motifs is 2. The molecular formula is C16H24O4. The van der Waals surface area contributed by atoms with Crippen molar-refractivity contribution in [2.24, 2.45) is 23.2 Å². The first-order valence-electron chi connectivity index (χ1n) is 7.61. The fourth-order valence-corrected chi connectivity index (χ4v) is 3.50. The van der Waals surface area contributed by atoms with Gasteiger partial charge in [-0.05, 0) is 31.1 Å². The summed E-state index contributed by atoms with van der Waals surface area (Å²) in [4.78, 5) is 25.1. The molecule has 4 nitrogen and oxygen atoms in total. The Morgan fingerprint density at radius 3 is 2.05 bits per heavy atom. The topological polar surface area (TPSA) is 52.6 Å². The van der Waals surface area contributed by atoms with Crippen LogP contribution in [0.5, 0.6) is 0 Å². The molecule has 112 valence electrons. The molecule has 3 unspecified atom stereocenters. The molecule has 0 N–H and O–H groups in total. The Balaban J connectivity index is 2.27. The molecule has 4 heteroatoms. The number of allylic oxidation sites excluding steroid dienone is 2. The van der Waals surface area contributed by atoms with E-state index in [0.717, 1.165) is 19.3 Å².